The summed E-state index contributed by atoms with van der Waals surface area (Å²) in [6.07, 6.45) is -2.81. The standard InChI is InChI=1S/C8H9F2NO3/c1-13-5-3-4(12)7(14-2)6(11-5)8(9)10/h3,8H,1-2H3,(H,11,12). The first-order valence-electron chi connectivity index (χ1n) is 3.73. The van der Waals surface area contributed by atoms with Crippen LogP contribution in [0.5, 0.6) is 11.6 Å². The molecule has 1 N–H and O–H groups in total. The zero-order valence-corrected chi connectivity index (χ0v) is 7.64. The van der Waals surface area contributed by atoms with E-state index < -0.39 is 17.5 Å². The van der Waals surface area contributed by atoms with E-state index in [9.17, 15) is 13.6 Å². The number of alkyl halides is 2. The number of H-pyrrole nitrogens is 1. The largest absolute Gasteiger partial charge is 0.491 e. The molecule has 1 heterocycles. The van der Waals surface area contributed by atoms with Gasteiger partial charge in [0.1, 0.15) is 5.69 Å². The lowest BCUT2D eigenvalue weighted by atomic mass is 10.3. The number of methoxy groups -OCH3 is 2. The Balaban J connectivity index is 3.36. The van der Waals surface area contributed by atoms with Gasteiger partial charge < -0.3 is 14.5 Å². The third-order valence-corrected chi connectivity index (χ3v) is 1.63. The average molecular weight is 205 g/mol. The first-order valence-corrected chi connectivity index (χ1v) is 3.73. The molecule has 0 saturated carbocycles. The summed E-state index contributed by atoms with van der Waals surface area (Å²) in [6.45, 7) is 0. The van der Waals surface area contributed by atoms with E-state index in [1.807, 2.05) is 0 Å². The normalized spacial score (nSPS) is 10.4. The van der Waals surface area contributed by atoms with Crippen LogP contribution in [0.1, 0.15) is 12.1 Å². The molecule has 0 saturated heterocycles. The van der Waals surface area contributed by atoms with Gasteiger partial charge in [-0.15, -0.1) is 0 Å². The van der Waals surface area contributed by atoms with E-state index in [1.165, 1.54) is 7.11 Å². The van der Waals surface area contributed by atoms with Gasteiger partial charge >= 0.3 is 0 Å². The van der Waals surface area contributed by atoms with Crippen LogP contribution in [0.2, 0.25) is 0 Å². The molecule has 14 heavy (non-hydrogen) atoms. The van der Waals surface area contributed by atoms with Crippen LogP contribution in [-0.2, 0) is 0 Å². The van der Waals surface area contributed by atoms with Gasteiger partial charge in [0.25, 0.3) is 6.43 Å². The number of hydrogen-bond donors (Lipinski definition) is 1. The van der Waals surface area contributed by atoms with Crippen LogP contribution in [0.15, 0.2) is 10.9 Å². The lowest BCUT2D eigenvalue weighted by Gasteiger charge is -2.08. The van der Waals surface area contributed by atoms with E-state index in [4.69, 9.17) is 0 Å². The molecule has 6 heteroatoms. The van der Waals surface area contributed by atoms with Crippen molar-refractivity contribution >= 4 is 0 Å². The number of pyridine rings is 1. The molecule has 0 amide bonds. The van der Waals surface area contributed by atoms with E-state index in [2.05, 4.69) is 14.5 Å². The topological polar surface area (TPSA) is 51.3 Å². The second-order valence-corrected chi connectivity index (χ2v) is 2.45. The highest BCUT2D eigenvalue weighted by Crippen LogP contribution is 2.25. The smallest absolute Gasteiger partial charge is 0.282 e. The predicted octanol–water partition coefficient (Wildman–Crippen LogP) is 1.33. The summed E-state index contributed by atoms with van der Waals surface area (Å²) in [5.74, 6) is -0.410. The molecule has 0 aromatic carbocycles. The minimum absolute atomic E-state index is 0.0221. The summed E-state index contributed by atoms with van der Waals surface area (Å²) in [5, 5.41) is 0. The molecule has 0 unspecified atom stereocenters. The molecule has 0 aliphatic heterocycles. The highest BCUT2D eigenvalue weighted by Gasteiger charge is 2.18. The third kappa shape index (κ3) is 1.84. The predicted molar refractivity (Wildman–Crippen MR) is 45.1 cm³/mol. The van der Waals surface area contributed by atoms with Gasteiger partial charge in [-0.05, 0) is 0 Å². The number of aromatic nitrogens is 1. The second-order valence-electron chi connectivity index (χ2n) is 2.45. The van der Waals surface area contributed by atoms with Crippen molar-refractivity contribution in [3.63, 3.8) is 0 Å². The lowest BCUT2D eigenvalue weighted by Crippen LogP contribution is -2.11. The number of rotatable bonds is 3. The molecule has 1 rings (SSSR count). The quantitative estimate of drug-likeness (QED) is 0.809. The van der Waals surface area contributed by atoms with Gasteiger partial charge in [0.15, 0.2) is 11.6 Å². The highest BCUT2D eigenvalue weighted by atomic mass is 19.3. The monoisotopic (exact) mass is 205 g/mol. The molecular formula is C8H9F2NO3. The molecule has 0 atom stereocenters. The molecule has 0 bridgehead atoms. The van der Waals surface area contributed by atoms with Crippen molar-refractivity contribution in [1.82, 2.24) is 4.98 Å². The lowest BCUT2D eigenvalue weighted by molar-refractivity contribution is 0.140. The average Bonchev–Trinajstić information content (AvgIpc) is 2.16. The Bertz CT molecular complexity index is 375. The summed E-state index contributed by atoms with van der Waals surface area (Å²) in [5.41, 5.74) is -1.21. The molecule has 0 radical (unpaired) electrons. The Kier molecular flexibility index (Phi) is 3.06. The van der Waals surface area contributed by atoms with Crippen LogP contribution in [-0.4, -0.2) is 19.2 Å². The maximum atomic E-state index is 12.4. The maximum absolute atomic E-state index is 12.4. The van der Waals surface area contributed by atoms with Gasteiger partial charge in [0.2, 0.25) is 5.43 Å². The van der Waals surface area contributed by atoms with E-state index in [0.717, 1.165) is 13.2 Å². The number of aromatic amines is 1. The zero-order valence-electron chi connectivity index (χ0n) is 7.64. The summed E-state index contributed by atoms with van der Waals surface area (Å²) >= 11 is 0. The first kappa shape index (κ1) is 10.5. The highest BCUT2D eigenvalue weighted by molar-refractivity contribution is 5.32. The SMILES string of the molecule is COc1cc(=O)c(OC)c(C(F)F)[nH]1. The number of nitrogens with one attached hydrogen (secondary N) is 1. The molecule has 1 aromatic heterocycles. The van der Waals surface area contributed by atoms with Crippen LogP contribution < -0.4 is 14.9 Å². The third-order valence-electron chi connectivity index (χ3n) is 1.63. The summed E-state index contributed by atoms with van der Waals surface area (Å²) in [6, 6.07) is 1.05. The van der Waals surface area contributed by atoms with Gasteiger partial charge in [-0.3, -0.25) is 4.79 Å². The number of hydrogen-bond acceptors (Lipinski definition) is 3. The van der Waals surface area contributed by atoms with Crippen LogP contribution in [0.25, 0.3) is 0 Å². The molecule has 0 aliphatic rings. The summed E-state index contributed by atoms with van der Waals surface area (Å²) in [4.78, 5) is 13.5. The minimum Gasteiger partial charge on any atom is -0.491 e. The van der Waals surface area contributed by atoms with Crippen molar-refractivity contribution in [3.8, 4) is 11.6 Å². The van der Waals surface area contributed by atoms with Gasteiger partial charge in [0, 0.05) is 6.07 Å². The molecule has 4 nitrogen and oxygen atoms in total. The minimum atomic E-state index is -2.81. The van der Waals surface area contributed by atoms with Crippen LogP contribution in [0.4, 0.5) is 8.78 Å². The van der Waals surface area contributed by atoms with Gasteiger partial charge in [0.05, 0.1) is 14.2 Å². The molecule has 0 fully saturated rings. The summed E-state index contributed by atoms with van der Waals surface area (Å²) < 4.78 is 34.0. The maximum Gasteiger partial charge on any atom is 0.282 e. The first-order chi connectivity index (χ1) is 6.60. The van der Waals surface area contributed by atoms with E-state index >= 15 is 0 Å². The van der Waals surface area contributed by atoms with Crippen LogP contribution in [0.3, 0.4) is 0 Å². The number of ether oxygens (including phenoxy) is 2. The van der Waals surface area contributed by atoms with Crippen molar-refractivity contribution in [2.75, 3.05) is 14.2 Å². The van der Waals surface area contributed by atoms with E-state index in [-0.39, 0.29) is 11.6 Å². The Morgan fingerprint density at radius 2 is 2.00 bits per heavy atom. The van der Waals surface area contributed by atoms with Gasteiger partial charge in [-0.25, -0.2) is 8.78 Å². The fraction of sp³-hybridized carbons (Fsp3) is 0.375. The Morgan fingerprint density at radius 1 is 1.36 bits per heavy atom. The fourth-order valence-electron chi connectivity index (χ4n) is 1.02. The van der Waals surface area contributed by atoms with Crippen molar-refractivity contribution in [2.45, 2.75) is 6.43 Å². The van der Waals surface area contributed by atoms with E-state index in [0.29, 0.717) is 0 Å². The van der Waals surface area contributed by atoms with Crippen molar-refractivity contribution in [3.05, 3.63) is 22.0 Å². The molecular weight excluding hydrogens is 196 g/mol. The van der Waals surface area contributed by atoms with Gasteiger partial charge in [-0.1, -0.05) is 0 Å². The molecule has 1 aromatic rings. The molecule has 78 valence electrons. The van der Waals surface area contributed by atoms with Crippen molar-refractivity contribution in [2.24, 2.45) is 0 Å². The fourth-order valence-corrected chi connectivity index (χ4v) is 1.02. The van der Waals surface area contributed by atoms with Crippen LogP contribution >= 0.6 is 0 Å². The Hall–Kier alpha value is -1.59. The summed E-state index contributed by atoms with van der Waals surface area (Å²) in [7, 11) is 2.43. The second kappa shape index (κ2) is 4.08. The number of halogens is 2. The van der Waals surface area contributed by atoms with Gasteiger partial charge in [-0.2, -0.15) is 0 Å². The van der Waals surface area contributed by atoms with Crippen molar-refractivity contribution in [1.29, 1.82) is 0 Å². The Morgan fingerprint density at radius 3 is 2.43 bits per heavy atom. The molecule has 0 spiro atoms. The Labute approximate surface area is 78.5 Å². The van der Waals surface area contributed by atoms with Crippen molar-refractivity contribution < 1.29 is 18.3 Å². The van der Waals surface area contributed by atoms with Crippen LogP contribution in [0, 0.1) is 0 Å². The van der Waals surface area contributed by atoms with E-state index in [1.54, 1.807) is 0 Å². The zero-order chi connectivity index (χ0) is 10.7. The molecule has 0 aliphatic carbocycles.